The van der Waals surface area contributed by atoms with E-state index in [9.17, 15) is 4.79 Å². The highest BCUT2D eigenvalue weighted by Crippen LogP contribution is 2.28. The summed E-state index contributed by atoms with van der Waals surface area (Å²) in [6.45, 7) is 2.04. The van der Waals surface area contributed by atoms with Gasteiger partial charge in [-0.25, -0.2) is 5.43 Å². The Balaban J connectivity index is 1.51. The van der Waals surface area contributed by atoms with E-state index in [0.29, 0.717) is 10.9 Å². The van der Waals surface area contributed by atoms with Crippen LogP contribution in [0.1, 0.15) is 11.3 Å². The molecule has 8 heteroatoms. The Morgan fingerprint density at radius 3 is 2.55 bits per heavy atom. The number of hydrazone groups is 1. The number of hydrogen-bond donors (Lipinski definition) is 1. The van der Waals surface area contributed by atoms with Gasteiger partial charge in [-0.15, -0.1) is 10.2 Å². The van der Waals surface area contributed by atoms with Gasteiger partial charge in [0.05, 0.1) is 17.7 Å². The second-order valence-corrected chi connectivity index (χ2v) is 7.62. The lowest BCUT2D eigenvalue weighted by molar-refractivity contribution is -0.118. The molecule has 0 unspecified atom stereocenters. The molecule has 0 aliphatic heterocycles. The second kappa shape index (κ2) is 9.82. The molecule has 7 nitrogen and oxygen atoms in total. The number of nitrogens with zero attached hydrogens (tertiary/aromatic N) is 5. The maximum absolute atomic E-state index is 12.2. The van der Waals surface area contributed by atoms with Crippen LogP contribution in [0.2, 0.25) is 0 Å². The zero-order chi connectivity index (χ0) is 21.5. The molecule has 0 bridgehead atoms. The molecular formula is C23H20N6OS. The summed E-state index contributed by atoms with van der Waals surface area (Å²) >= 11 is 1.30. The Hall–Kier alpha value is -3.78. The maximum atomic E-state index is 12.2. The van der Waals surface area contributed by atoms with Crippen molar-refractivity contribution in [3.8, 4) is 17.1 Å². The van der Waals surface area contributed by atoms with Crippen LogP contribution in [0, 0.1) is 6.92 Å². The molecule has 2 heterocycles. The number of thioether (sulfide) groups is 1. The highest BCUT2D eigenvalue weighted by molar-refractivity contribution is 7.99. The fourth-order valence-corrected chi connectivity index (χ4v) is 3.59. The van der Waals surface area contributed by atoms with E-state index in [4.69, 9.17) is 0 Å². The summed E-state index contributed by atoms with van der Waals surface area (Å²) in [5, 5.41) is 13.3. The van der Waals surface area contributed by atoms with Crippen LogP contribution in [-0.2, 0) is 4.79 Å². The lowest BCUT2D eigenvalue weighted by Gasteiger charge is -2.10. The summed E-state index contributed by atoms with van der Waals surface area (Å²) in [5.74, 6) is 0.636. The Labute approximate surface area is 184 Å². The average molecular weight is 429 g/mol. The minimum Gasteiger partial charge on any atom is -0.272 e. The van der Waals surface area contributed by atoms with Crippen molar-refractivity contribution in [3.05, 3.63) is 90.3 Å². The quantitative estimate of drug-likeness (QED) is 0.274. The van der Waals surface area contributed by atoms with Crippen molar-refractivity contribution in [3.63, 3.8) is 0 Å². The monoisotopic (exact) mass is 428 g/mol. The van der Waals surface area contributed by atoms with Crippen LogP contribution in [0.3, 0.4) is 0 Å². The summed E-state index contributed by atoms with van der Waals surface area (Å²) in [6.07, 6.45) is 3.17. The summed E-state index contributed by atoms with van der Waals surface area (Å²) in [7, 11) is 0. The third-order valence-corrected chi connectivity index (χ3v) is 5.29. The summed E-state index contributed by atoms with van der Waals surface area (Å²) in [5.41, 5.74) is 6.25. The number of aryl methyl sites for hydroxylation is 1. The van der Waals surface area contributed by atoms with E-state index in [-0.39, 0.29) is 11.7 Å². The third-order valence-electron chi connectivity index (χ3n) is 4.36. The number of pyridine rings is 1. The number of para-hydroxylation sites is 1. The van der Waals surface area contributed by atoms with Gasteiger partial charge in [-0.1, -0.05) is 65.9 Å². The van der Waals surface area contributed by atoms with Crippen LogP contribution >= 0.6 is 11.8 Å². The zero-order valence-electron chi connectivity index (χ0n) is 16.8. The Bertz CT molecular complexity index is 1170. The van der Waals surface area contributed by atoms with E-state index in [1.54, 1.807) is 12.3 Å². The first-order valence-corrected chi connectivity index (χ1v) is 10.6. The summed E-state index contributed by atoms with van der Waals surface area (Å²) < 4.78 is 1.96. The normalized spacial score (nSPS) is 11.0. The van der Waals surface area contributed by atoms with E-state index in [1.165, 1.54) is 23.5 Å². The Morgan fingerprint density at radius 2 is 1.81 bits per heavy atom. The molecule has 0 atom stereocenters. The van der Waals surface area contributed by atoms with Gasteiger partial charge < -0.3 is 0 Å². The highest BCUT2D eigenvalue weighted by Gasteiger charge is 2.17. The summed E-state index contributed by atoms with van der Waals surface area (Å²) in [4.78, 5) is 16.4. The highest BCUT2D eigenvalue weighted by atomic mass is 32.2. The van der Waals surface area contributed by atoms with Crippen LogP contribution in [-0.4, -0.2) is 37.6 Å². The number of carbonyl (C=O) groups excluding carboxylic acids is 1. The molecule has 0 spiro atoms. The van der Waals surface area contributed by atoms with Crippen LogP contribution in [0.4, 0.5) is 0 Å². The standard InChI is InChI=1S/C23H20N6OS/c1-17-10-12-18(13-11-17)22-27-28-23(29(22)20-8-3-2-4-9-20)31-16-21(30)26-25-15-19-7-5-6-14-24-19/h2-15H,16H2,1H3,(H,26,30). The number of carbonyl (C=O) groups is 1. The number of benzene rings is 2. The molecule has 154 valence electrons. The van der Waals surface area contributed by atoms with Crippen LogP contribution in [0.15, 0.2) is 89.3 Å². The van der Waals surface area contributed by atoms with Crippen molar-refractivity contribution >= 4 is 23.9 Å². The molecule has 0 saturated carbocycles. The van der Waals surface area contributed by atoms with Gasteiger partial charge in [0.1, 0.15) is 0 Å². The predicted octanol–water partition coefficient (Wildman–Crippen LogP) is 3.88. The number of rotatable bonds is 7. The van der Waals surface area contributed by atoms with Crippen molar-refractivity contribution in [1.29, 1.82) is 0 Å². The van der Waals surface area contributed by atoms with E-state index >= 15 is 0 Å². The zero-order valence-corrected chi connectivity index (χ0v) is 17.7. The second-order valence-electron chi connectivity index (χ2n) is 6.68. The van der Waals surface area contributed by atoms with Gasteiger partial charge in [0.2, 0.25) is 0 Å². The van der Waals surface area contributed by atoms with Crippen LogP contribution < -0.4 is 5.43 Å². The number of nitrogens with one attached hydrogen (secondary N) is 1. The summed E-state index contributed by atoms with van der Waals surface area (Å²) in [6, 6.07) is 23.5. The van der Waals surface area contributed by atoms with E-state index < -0.39 is 0 Å². The van der Waals surface area contributed by atoms with Crippen LogP contribution in [0.25, 0.3) is 17.1 Å². The molecule has 0 aliphatic rings. The topological polar surface area (TPSA) is 85.1 Å². The predicted molar refractivity (Wildman–Crippen MR) is 122 cm³/mol. The molecule has 2 aromatic carbocycles. The van der Waals surface area contributed by atoms with Gasteiger partial charge in [-0.05, 0) is 31.2 Å². The molecule has 1 N–H and O–H groups in total. The maximum Gasteiger partial charge on any atom is 0.250 e. The first kappa shape index (κ1) is 20.5. The first-order valence-electron chi connectivity index (χ1n) is 9.64. The molecule has 31 heavy (non-hydrogen) atoms. The SMILES string of the molecule is Cc1ccc(-c2nnc(SCC(=O)NN=Cc3ccccn3)n2-c2ccccc2)cc1. The molecule has 0 fully saturated rings. The molecule has 0 aliphatic carbocycles. The Morgan fingerprint density at radius 1 is 1.03 bits per heavy atom. The Kier molecular flexibility index (Phi) is 6.49. The minimum absolute atomic E-state index is 0.151. The molecule has 4 aromatic rings. The molecule has 0 radical (unpaired) electrons. The smallest absolute Gasteiger partial charge is 0.250 e. The molecule has 0 saturated heterocycles. The molecular weight excluding hydrogens is 408 g/mol. The van der Waals surface area contributed by atoms with Crippen LogP contribution in [0.5, 0.6) is 0 Å². The molecule has 1 amide bonds. The molecule has 4 rings (SSSR count). The minimum atomic E-state index is -0.239. The van der Waals surface area contributed by atoms with E-state index in [1.807, 2.05) is 78.2 Å². The van der Waals surface area contributed by atoms with Crippen molar-refractivity contribution in [1.82, 2.24) is 25.2 Å². The fraction of sp³-hybridized carbons (Fsp3) is 0.0870. The first-order chi connectivity index (χ1) is 15.2. The van der Waals surface area contributed by atoms with Crippen molar-refractivity contribution < 1.29 is 4.79 Å². The van der Waals surface area contributed by atoms with Crippen molar-refractivity contribution in [2.45, 2.75) is 12.1 Å². The lowest BCUT2D eigenvalue weighted by Crippen LogP contribution is -2.20. The van der Waals surface area contributed by atoms with Gasteiger partial charge in [0.25, 0.3) is 5.91 Å². The lowest BCUT2D eigenvalue weighted by atomic mass is 10.1. The number of aromatic nitrogens is 4. The largest absolute Gasteiger partial charge is 0.272 e. The average Bonchev–Trinajstić information content (AvgIpc) is 3.23. The van der Waals surface area contributed by atoms with E-state index in [0.717, 1.165) is 17.1 Å². The van der Waals surface area contributed by atoms with Gasteiger partial charge in [-0.3, -0.25) is 14.3 Å². The molecule has 2 aromatic heterocycles. The fourth-order valence-electron chi connectivity index (χ4n) is 2.85. The van der Waals surface area contributed by atoms with Crippen molar-refractivity contribution in [2.24, 2.45) is 5.10 Å². The van der Waals surface area contributed by atoms with Gasteiger partial charge >= 0.3 is 0 Å². The number of hydrogen-bond acceptors (Lipinski definition) is 6. The van der Waals surface area contributed by atoms with Crippen molar-refractivity contribution in [2.75, 3.05) is 5.75 Å². The van der Waals surface area contributed by atoms with E-state index in [2.05, 4.69) is 25.7 Å². The third kappa shape index (κ3) is 5.23. The van der Waals surface area contributed by atoms with Gasteiger partial charge in [0.15, 0.2) is 11.0 Å². The number of amides is 1. The van der Waals surface area contributed by atoms with Gasteiger partial charge in [-0.2, -0.15) is 5.10 Å². The van der Waals surface area contributed by atoms with Gasteiger partial charge in [0, 0.05) is 17.4 Å².